The average molecular weight is 423 g/mol. The van der Waals surface area contributed by atoms with Crippen LogP contribution in [-0.2, 0) is 19.5 Å². The largest absolute Gasteiger partial charge is 0.454 e. The Morgan fingerprint density at radius 2 is 1.78 bits per heavy atom. The zero-order valence-electron chi connectivity index (χ0n) is 17.4. The predicted molar refractivity (Wildman–Crippen MR) is 119 cm³/mol. The van der Waals surface area contributed by atoms with Crippen LogP contribution >= 0.6 is 0 Å². The molecule has 7 heteroatoms. The third-order valence-corrected chi connectivity index (χ3v) is 5.85. The molecule has 0 N–H and O–H groups in total. The number of hydrogen-bond donors (Lipinski definition) is 0. The summed E-state index contributed by atoms with van der Waals surface area (Å²) in [5.41, 5.74) is 6.47. The van der Waals surface area contributed by atoms with Crippen molar-refractivity contribution >= 4 is 0 Å². The van der Waals surface area contributed by atoms with Gasteiger partial charge in [0.2, 0.25) is 6.79 Å². The summed E-state index contributed by atoms with van der Waals surface area (Å²) in [6.07, 6.45) is 8.37. The van der Waals surface area contributed by atoms with Gasteiger partial charge in [0.25, 0.3) is 0 Å². The number of pyridine rings is 2. The fraction of sp³-hybridized carbons (Fsp3) is 0.200. The van der Waals surface area contributed by atoms with Gasteiger partial charge in [0.05, 0.1) is 11.4 Å². The van der Waals surface area contributed by atoms with E-state index >= 15 is 0 Å². The van der Waals surface area contributed by atoms with E-state index in [-0.39, 0.29) is 6.79 Å². The maximum Gasteiger partial charge on any atom is 0.231 e. The molecule has 0 aliphatic carbocycles. The molecule has 7 nitrogen and oxygen atoms in total. The fourth-order valence-electron chi connectivity index (χ4n) is 4.15. The molecule has 0 atom stereocenters. The van der Waals surface area contributed by atoms with Gasteiger partial charge in [-0.05, 0) is 42.0 Å². The highest BCUT2D eigenvalue weighted by Gasteiger charge is 2.19. The van der Waals surface area contributed by atoms with Crippen LogP contribution in [0.25, 0.3) is 22.6 Å². The number of ether oxygens (including phenoxy) is 2. The third kappa shape index (κ3) is 3.67. The van der Waals surface area contributed by atoms with Crippen LogP contribution in [0.2, 0.25) is 0 Å². The second-order valence-electron chi connectivity index (χ2n) is 7.98. The quantitative estimate of drug-likeness (QED) is 0.493. The van der Waals surface area contributed by atoms with E-state index < -0.39 is 0 Å². The van der Waals surface area contributed by atoms with Crippen LogP contribution < -0.4 is 9.47 Å². The minimum atomic E-state index is 0.278. The van der Waals surface area contributed by atoms with Crippen LogP contribution in [0.5, 0.6) is 11.5 Å². The molecule has 2 aliphatic heterocycles. The first-order valence-electron chi connectivity index (χ1n) is 10.6. The zero-order valence-corrected chi connectivity index (χ0v) is 17.4. The first-order valence-corrected chi connectivity index (χ1v) is 10.6. The molecule has 3 aromatic heterocycles. The van der Waals surface area contributed by atoms with E-state index in [9.17, 15) is 0 Å². The molecule has 0 saturated heterocycles. The Morgan fingerprint density at radius 3 is 2.66 bits per heavy atom. The number of hydrogen-bond acceptors (Lipinski definition) is 7. The van der Waals surface area contributed by atoms with Crippen molar-refractivity contribution in [3.63, 3.8) is 0 Å². The highest BCUT2D eigenvalue weighted by Crippen LogP contribution is 2.35. The van der Waals surface area contributed by atoms with E-state index in [4.69, 9.17) is 14.5 Å². The summed E-state index contributed by atoms with van der Waals surface area (Å²) in [6.45, 7) is 2.93. The van der Waals surface area contributed by atoms with Crippen molar-refractivity contribution < 1.29 is 9.47 Å². The smallest absolute Gasteiger partial charge is 0.231 e. The second kappa shape index (κ2) is 8.01. The van der Waals surface area contributed by atoms with Crippen molar-refractivity contribution in [2.45, 2.75) is 19.5 Å². The van der Waals surface area contributed by atoms with Gasteiger partial charge in [0.1, 0.15) is 0 Å². The molecule has 4 aromatic rings. The molecule has 0 unspecified atom stereocenters. The summed E-state index contributed by atoms with van der Waals surface area (Å²) in [7, 11) is 0. The lowest BCUT2D eigenvalue weighted by atomic mass is 10.1. The van der Waals surface area contributed by atoms with E-state index in [2.05, 4.69) is 32.0 Å². The topological polar surface area (TPSA) is 73.3 Å². The summed E-state index contributed by atoms with van der Waals surface area (Å²) in [5, 5.41) is 0. The van der Waals surface area contributed by atoms with Crippen molar-refractivity contribution in [3.8, 4) is 34.1 Å². The van der Waals surface area contributed by atoms with Gasteiger partial charge in [-0.2, -0.15) is 0 Å². The minimum absolute atomic E-state index is 0.278. The Labute approximate surface area is 185 Å². The number of benzene rings is 1. The lowest BCUT2D eigenvalue weighted by Crippen LogP contribution is -2.31. The molecular formula is C25H21N5O2. The van der Waals surface area contributed by atoms with Gasteiger partial charge in [0, 0.05) is 67.5 Å². The molecule has 2 aliphatic rings. The number of rotatable bonds is 4. The van der Waals surface area contributed by atoms with Crippen molar-refractivity contribution in [2.75, 3.05) is 13.3 Å². The molecule has 0 saturated carbocycles. The summed E-state index contributed by atoms with van der Waals surface area (Å²) < 4.78 is 10.9. The molecule has 5 heterocycles. The Kier molecular flexibility index (Phi) is 4.73. The SMILES string of the molecule is c1cc(-c2ncc3c(n2)CCN(Cc2ccc(-c4ccc5c(c4)OCO5)nc2)C3)ccn1. The number of fused-ring (bicyclic) bond motifs is 2. The summed E-state index contributed by atoms with van der Waals surface area (Å²) >= 11 is 0. The second-order valence-corrected chi connectivity index (χ2v) is 7.98. The fourth-order valence-corrected chi connectivity index (χ4v) is 4.15. The molecule has 0 fully saturated rings. The first-order chi connectivity index (χ1) is 15.8. The van der Waals surface area contributed by atoms with Gasteiger partial charge in [-0.25, -0.2) is 9.97 Å². The first kappa shape index (κ1) is 18.9. The lowest BCUT2D eigenvalue weighted by molar-refractivity contribution is 0.174. The Bertz CT molecular complexity index is 1260. The molecule has 0 bridgehead atoms. The molecule has 32 heavy (non-hydrogen) atoms. The van der Waals surface area contributed by atoms with E-state index in [0.717, 1.165) is 65.9 Å². The van der Waals surface area contributed by atoms with Crippen molar-refractivity contribution in [1.82, 2.24) is 24.8 Å². The van der Waals surface area contributed by atoms with Crippen LogP contribution in [0.15, 0.2) is 67.3 Å². The Hall–Kier alpha value is -3.84. The van der Waals surface area contributed by atoms with Crippen LogP contribution in [0.1, 0.15) is 16.8 Å². The minimum Gasteiger partial charge on any atom is -0.454 e. The summed E-state index contributed by atoms with van der Waals surface area (Å²) in [5.74, 6) is 2.32. The Morgan fingerprint density at radius 1 is 0.875 bits per heavy atom. The predicted octanol–water partition coefficient (Wildman–Crippen LogP) is 3.89. The lowest BCUT2D eigenvalue weighted by Gasteiger charge is -2.28. The van der Waals surface area contributed by atoms with Crippen LogP contribution in [-0.4, -0.2) is 38.2 Å². The van der Waals surface area contributed by atoms with Crippen LogP contribution in [0, 0.1) is 0 Å². The summed E-state index contributed by atoms with van der Waals surface area (Å²) in [6, 6.07) is 14.0. The van der Waals surface area contributed by atoms with E-state index in [0.29, 0.717) is 0 Å². The van der Waals surface area contributed by atoms with Crippen molar-refractivity contribution in [2.24, 2.45) is 0 Å². The molecule has 0 spiro atoms. The standard InChI is InChI=1S/C25H21N5O2/c1-3-21(19-2-4-23-24(11-19)32-16-31-23)27-12-17(1)14-30-10-7-22-20(15-30)13-28-25(29-22)18-5-8-26-9-6-18/h1-6,8-9,11-13H,7,10,14-16H2. The molecule has 6 rings (SSSR count). The van der Waals surface area contributed by atoms with Gasteiger partial charge in [-0.15, -0.1) is 0 Å². The number of nitrogens with zero attached hydrogens (tertiary/aromatic N) is 5. The maximum absolute atomic E-state index is 5.48. The highest BCUT2D eigenvalue weighted by atomic mass is 16.7. The zero-order chi connectivity index (χ0) is 21.3. The molecule has 1 aromatic carbocycles. The highest BCUT2D eigenvalue weighted by molar-refractivity contribution is 5.64. The van der Waals surface area contributed by atoms with E-state index in [1.54, 1.807) is 12.4 Å². The van der Waals surface area contributed by atoms with Gasteiger partial charge in [-0.1, -0.05) is 6.07 Å². The average Bonchev–Trinajstić information content (AvgIpc) is 3.33. The molecular weight excluding hydrogens is 402 g/mol. The maximum atomic E-state index is 5.48. The normalized spacial score (nSPS) is 14.9. The Balaban J connectivity index is 1.14. The van der Waals surface area contributed by atoms with Crippen LogP contribution in [0.4, 0.5) is 0 Å². The van der Waals surface area contributed by atoms with Gasteiger partial charge in [-0.3, -0.25) is 14.9 Å². The van der Waals surface area contributed by atoms with Gasteiger partial charge in [0.15, 0.2) is 17.3 Å². The number of aromatic nitrogens is 4. The van der Waals surface area contributed by atoms with Crippen molar-refractivity contribution in [3.05, 3.63) is 84.1 Å². The van der Waals surface area contributed by atoms with Crippen LogP contribution in [0.3, 0.4) is 0 Å². The van der Waals surface area contributed by atoms with Crippen molar-refractivity contribution in [1.29, 1.82) is 0 Å². The molecule has 158 valence electrons. The van der Waals surface area contributed by atoms with Gasteiger partial charge >= 0.3 is 0 Å². The monoisotopic (exact) mass is 423 g/mol. The van der Waals surface area contributed by atoms with E-state index in [1.807, 2.05) is 42.7 Å². The molecule has 0 radical (unpaired) electrons. The molecule has 0 amide bonds. The third-order valence-electron chi connectivity index (χ3n) is 5.85. The van der Waals surface area contributed by atoms with E-state index in [1.165, 1.54) is 11.1 Å². The van der Waals surface area contributed by atoms with Gasteiger partial charge < -0.3 is 9.47 Å². The summed E-state index contributed by atoms with van der Waals surface area (Å²) in [4.78, 5) is 20.5.